The molecule has 2 rings (SSSR count). The van der Waals surface area contributed by atoms with Crippen LogP contribution in [0.4, 0.5) is 5.69 Å². The van der Waals surface area contributed by atoms with E-state index in [0.717, 1.165) is 5.56 Å². The molecule has 19 heavy (non-hydrogen) atoms. The molecule has 2 aromatic rings. The zero-order chi connectivity index (χ0) is 13.8. The molecule has 0 aliphatic heterocycles. The summed E-state index contributed by atoms with van der Waals surface area (Å²) in [7, 11) is 0. The van der Waals surface area contributed by atoms with Gasteiger partial charge in [-0.2, -0.15) is 0 Å². The molecule has 0 bridgehead atoms. The summed E-state index contributed by atoms with van der Waals surface area (Å²) in [4.78, 5) is 26.4. The van der Waals surface area contributed by atoms with Gasteiger partial charge in [0, 0.05) is 23.9 Å². The number of carbonyl (C=O) groups excluding carboxylic acids is 1. The molecule has 0 aliphatic carbocycles. The summed E-state index contributed by atoms with van der Waals surface area (Å²) in [5.41, 5.74) is 1.88. The number of rotatable bonds is 4. The van der Waals surface area contributed by atoms with Gasteiger partial charge in [-0.1, -0.05) is 18.2 Å². The SMILES string of the molecule is Cc1cccnc1CC(=O)c1cccc([N+](=O)[O-])c1. The minimum Gasteiger partial charge on any atom is -0.294 e. The van der Waals surface area contributed by atoms with Crippen molar-refractivity contribution in [2.75, 3.05) is 0 Å². The molecule has 0 unspecified atom stereocenters. The highest BCUT2D eigenvalue weighted by molar-refractivity contribution is 5.97. The van der Waals surface area contributed by atoms with Gasteiger partial charge in [0.15, 0.2) is 5.78 Å². The van der Waals surface area contributed by atoms with Crippen molar-refractivity contribution >= 4 is 11.5 Å². The highest BCUT2D eigenvalue weighted by Gasteiger charge is 2.13. The summed E-state index contributed by atoms with van der Waals surface area (Å²) in [6.07, 6.45) is 1.77. The number of nitro benzene ring substituents is 1. The summed E-state index contributed by atoms with van der Waals surface area (Å²) in [6, 6.07) is 9.42. The first-order chi connectivity index (χ1) is 9.08. The number of hydrogen-bond acceptors (Lipinski definition) is 4. The molecule has 0 amide bonds. The second-order valence-corrected chi connectivity index (χ2v) is 4.17. The van der Waals surface area contributed by atoms with E-state index in [1.54, 1.807) is 18.3 Å². The average Bonchev–Trinajstić information content (AvgIpc) is 2.41. The van der Waals surface area contributed by atoms with Crippen molar-refractivity contribution in [3.63, 3.8) is 0 Å². The lowest BCUT2D eigenvalue weighted by Gasteiger charge is -2.03. The molecule has 0 fully saturated rings. The van der Waals surface area contributed by atoms with Crippen molar-refractivity contribution in [2.24, 2.45) is 0 Å². The third-order valence-corrected chi connectivity index (χ3v) is 2.82. The maximum atomic E-state index is 12.1. The fraction of sp³-hybridized carbons (Fsp3) is 0.143. The lowest BCUT2D eigenvalue weighted by molar-refractivity contribution is -0.384. The Morgan fingerprint density at radius 3 is 2.79 bits per heavy atom. The summed E-state index contributed by atoms with van der Waals surface area (Å²) in [5, 5.41) is 10.7. The Bertz CT molecular complexity index is 638. The molecule has 1 aromatic heterocycles. The van der Waals surface area contributed by atoms with Crippen LogP contribution in [0.3, 0.4) is 0 Å². The Morgan fingerprint density at radius 2 is 2.11 bits per heavy atom. The monoisotopic (exact) mass is 256 g/mol. The molecule has 5 heteroatoms. The maximum Gasteiger partial charge on any atom is 0.270 e. The Kier molecular flexibility index (Phi) is 3.66. The van der Waals surface area contributed by atoms with Gasteiger partial charge < -0.3 is 0 Å². The molecule has 5 nitrogen and oxygen atoms in total. The number of non-ortho nitro benzene ring substituents is 1. The molecular formula is C14H12N2O3. The minimum absolute atomic E-state index is 0.0800. The van der Waals surface area contributed by atoms with Crippen molar-refractivity contribution in [1.29, 1.82) is 0 Å². The molecule has 0 saturated carbocycles. The Balaban J connectivity index is 2.23. The first-order valence-electron chi connectivity index (χ1n) is 5.76. The fourth-order valence-corrected chi connectivity index (χ4v) is 1.75. The zero-order valence-electron chi connectivity index (χ0n) is 10.4. The van der Waals surface area contributed by atoms with Crippen molar-refractivity contribution in [3.8, 4) is 0 Å². The van der Waals surface area contributed by atoms with Gasteiger partial charge in [0.05, 0.1) is 17.0 Å². The van der Waals surface area contributed by atoms with Crippen LogP contribution >= 0.6 is 0 Å². The predicted octanol–water partition coefficient (Wildman–Crippen LogP) is 2.72. The lowest BCUT2D eigenvalue weighted by atomic mass is 10.0. The quantitative estimate of drug-likeness (QED) is 0.479. The van der Waals surface area contributed by atoms with Gasteiger partial charge in [0.2, 0.25) is 0 Å². The van der Waals surface area contributed by atoms with Gasteiger partial charge in [0.25, 0.3) is 5.69 Å². The topological polar surface area (TPSA) is 73.1 Å². The van der Waals surface area contributed by atoms with E-state index >= 15 is 0 Å². The summed E-state index contributed by atoms with van der Waals surface area (Å²) >= 11 is 0. The van der Waals surface area contributed by atoms with Gasteiger partial charge in [0.1, 0.15) is 0 Å². The van der Waals surface area contributed by atoms with Crippen molar-refractivity contribution in [1.82, 2.24) is 4.98 Å². The summed E-state index contributed by atoms with van der Waals surface area (Å²) < 4.78 is 0. The molecule has 0 atom stereocenters. The molecule has 0 aliphatic rings. The van der Waals surface area contributed by atoms with Gasteiger partial charge in [-0.25, -0.2) is 0 Å². The molecule has 0 radical (unpaired) electrons. The van der Waals surface area contributed by atoms with Crippen LogP contribution in [0, 0.1) is 17.0 Å². The lowest BCUT2D eigenvalue weighted by Crippen LogP contribution is -2.06. The third-order valence-electron chi connectivity index (χ3n) is 2.82. The van der Waals surface area contributed by atoms with Crippen LogP contribution in [-0.2, 0) is 6.42 Å². The Labute approximate surface area is 110 Å². The number of hydrogen-bond donors (Lipinski definition) is 0. The molecule has 1 aromatic carbocycles. The van der Waals surface area contributed by atoms with Crippen molar-refractivity contribution < 1.29 is 9.72 Å². The van der Waals surface area contributed by atoms with Gasteiger partial charge >= 0.3 is 0 Å². The van der Waals surface area contributed by atoms with Crippen molar-refractivity contribution in [2.45, 2.75) is 13.3 Å². The largest absolute Gasteiger partial charge is 0.294 e. The Morgan fingerprint density at radius 1 is 1.32 bits per heavy atom. The van der Waals surface area contributed by atoms with Crippen LogP contribution < -0.4 is 0 Å². The van der Waals surface area contributed by atoms with E-state index in [4.69, 9.17) is 0 Å². The second-order valence-electron chi connectivity index (χ2n) is 4.17. The van der Waals surface area contributed by atoms with Crippen LogP contribution in [0.5, 0.6) is 0 Å². The summed E-state index contributed by atoms with van der Waals surface area (Å²) in [5.74, 6) is -0.175. The standard InChI is InChI=1S/C14H12N2O3/c1-10-4-3-7-15-13(10)9-14(17)11-5-2-6-12(8-11)16(18)19/h2-8H,9H2,1H3. The number of aryl methyl sites for hydroxylation is 1. The first kappa shape index (κ1) is 12.9. The van der Waals surface area contributed by atoms with E-state index in [0.29, 0.717) is 11.3 Å². The maximum absolute atomic E-state index is 12.1. The molecule has 96 valence electrons. The highest BCUT2D eigenvalue weighted by Crippen LogP contribution is 2.15. The van der Waals surface area contributed by atoms with Crippen LogP contribution in [0.2, 0.25) is 0 Å². The van der Waals surface area contributed by atoms with Crippen LogP contribution in [0.1, 0.15) is 21.6 Å². The van der Waals surface area contributed by atoms with Crippen LogP contribution in [0.15, 0.2) is 42.6 Å². The number of benzene rings is 1. The highest BCUT2D eigenvalue weighted by atomic mass is 16.6. The number of aromatic nitrogens is 1. The smallest absolute Gasteiger partial charge is 0.270 e. The molecule has 0 spiro atoms. The van der Waals surface area contributed by atoms with E-state index in [9.17, 15) is 14.9 Å². The first-order valence-corrected chi connectivity index (χ1v) is 5.76. The third kappa shape index (κ3) is 3.01. The van der Waals surface area contributed by atoms with Gasteiger partial charge in [-0.3, -0.25) is 19.9 Å². The van der Waals surface area contributed by atoms with Crippen molar-refractivity contribution in [3.05, 3.63) is 69.5 Å². The zero-order valence-corrected chi connectivity index (χ0v) is 10.4. The van der Waals surface area contributed by atoms with Crippen LogP contribution in [0.25, 0.3) is 0 Å². The number of Topliss-reactive ketones (excluding diaryl/α,β-unsaturated/α-hetero) is 1. The average molecular weight is 256 g/mol. The normalized spacial score (nSPS) is 10.2. The van der Waals surface area contributed by atoms with Crippen LogP contribution in [-0.4, -0.2) is 15.7 Å². The van der Waals surface area contributed by atoms with Gasteiger partial charge in [-0.05, 0) is 18.6 Å². The number of pyridine rings is 1. The number of carbonyl (C=O) groups is 1. The number of nitrogens with zero attached hydrogens (tertiary/aromatic N) is 2. The van der Waals surface area contributed by atoms with E-state index in [2.05, 4.69) is 4.98 Å². The Hall–Kier alpha value is -2.56. The van der Waals surface area contributed by atoms with E-state index in [-0.39, 0.29) is 17.9 Å². The molecule has 0 saturated heterocycles. The predicted molar refractivity (Wildman–Crippen MR) is 70.1 cm³/mol. The minimum atomic E-state index is -0.511. The fourth-order valence-electron chi connectivity index (χ4n) is 1.75. The molecular weight excluding hydrogens is 244 g/mol. The second kappa shape index (κ2) is 5.39. The van der Waals surface area contributed by atoms with E-state index in [1.807, 2.05) is 13.0 Å². The van der Waals surface area contributed by atoms with E-state index < -0.39 is 4.92 Å². The number of ketones is 1. The molecule has 1 heterocycles. The number of nitro groups is 1. The molecule has 0 N–H and O–H groups in total. The van der Waals surface area contributed by atoms with E-state index in [1.165, 1.54) is 18.2 Å². The summed E-state index contributed by atoms with van der Waals surface area (Å²) in [6.45, 7) is 1.88. The van der Waals surface area contributed by atoms with Gasteiger partial charge in [-0.15, -0.1) is 0 Å².